The fraction of sp³-hybridized carbons (Fsp3) is 0.842. The quantitative estimate of drug-likeness (QED) is 0.715. The molecule has 0 saturated heterocycles. The summed E-state index contributed by atoms with van der Waals surface area (Å²) in [6.45, 7) is 13.2. The van der Waals surface area contributed by atoms with Crippen LogP contribution in [0.2, 0.25) is 0 Å². The first-order valence-corrected chi connectivity index (χ1v) is 8.63. The zero-order chi connectivity index (χ0) is 15.8. The lowest BCUT2D eigenvalue weighted by molar-refractivity contribution is -0.164. The summed E-state index contributed by atoms with van der Waals surface area (Å²) in [5, 5.41) is 9.80. The predicted molar refractivity (Wildman–Crippen MR) is 87.1 cm³/mol. The Balaban J connectivity index is 2.31. The first-order valence-electron chi connectivity index (χ1n) is 8.63. The van der Waals surface area contributed by atoms with Crippen molar-refractivity contribution >= 4 is 5.97 Å². The van der Waals surface area contributed by atoms with Gasteiger partial charge in [0.2, 0.25) is 0 Å². The highest BCUT2D eigenvalue weighted by Crippen LogP contribution is 2.62. The molecule has 0 aliphatic heterocycles. The van der Waals surface area contributed by atoms with E-state index in [9.17, 15) is 9.90 Å². The summed E-state index contributed by atoms with van der Waals surface area (Å²) in [6, 6.07) is 0. The average molecular weight is 292 g/mol. The van der Waals surface area contributed by atoms with Gasteiger partial charge in [-0.1, -0.05) is 45.8 Å². The van der Waals surface area contributed by atoms with E-state index in [1.165, 1.54) is 24.8 Å². The van der Waals surface area contributed by atoms with E-state index in [2.05, 4.69) is 27.4 Å². The normalized spacial score (nSPS) is 40.1. The number of allylic oxidation sites excluding steroid dienone is 1. The van der Waals surface area contributed by atoms with Crippen LogP contribution >= 0.6 is 0 Å². The van der Waals surface area contributed by atoms with E-state index in [1.54, 1.807) is 0 Å². The second-order valence-electron chi connectivity index (χ2n) is 8.36. The molecule has 0 radical (unpaired) electrons. The fourth-order valence-corrected chi connectivity index (χ4v) is 5.24. The monoisotopic (exact) mass is 292 g/mol. The van der Waals surface area contributed by atoms with E-state index in [4.69, 9.17) is 0 Å². The van der Waals surface area contributed by atoms with E-state index in [0.29, 0.717) is 17.8 Å². The minimum Gasteiger partial charge on any atom is -0.481 e. The Labute approximate surface area is 130 Å². The standard InChI is InChI=1S/C19H32O2/c1-13(2)7-9-15-14(3)8-10-16-18(15,4)11-6-12-19(16,5)17(20)21/h13,15-16H,3,6-12H2,1-2,4-5H3,(H,20,21). The average Bonchev–Trinajstić information content (AvgIpc) is 2.36. The lowest BCUT2D eigenvalue weighted by atomic mass is 9.46. The number of carboxylic acid groups (broad SMARTS) is 1. The summed E-state index contributed by atoms with van der Waals surface area (Å²) in [5.41, 5.74) is 0.975. The molecule has 4 unspecified atom stereocenters. The molecule has 2 heteroatoms. The van der Waals surface area contributed by atoms with Gasteiger partial charge in [-0.15, -0.1) is 0 Å². The van der Waals surface area contributed by atoms with Crippen LogP contribution in [0.25, 0.3) is 0 Å². The van der Waals surface area contributed by atoms with Gasteiger partial charge in [-0.05, 0) is 62.2 Å². The molecule has 2 nitrogen and oxygen atoms in total. The van der Waals surface area contributed by atoms with Crippen LogP contribution in [0.15, 0.2) is 12.2 Å². The minimum absolute atomic E-state index is 0.135. The van der Waals surface area contributed by atoms with Gasteiger partial charge in [0.25, 0.3) is 0 Å². The highest BCUT2D eigenvalue weighted by Gasteiger charge is 2.57. The Hall–Kier alpha value is -0.790. The van der Waals surface area contributed by atoms with Gasteiger partial charge in [-0.2, -0.15) is 0 Å². The first-order chi connectivity index (χ1) is 9.71. The van der Waals surface area contributed by atoms with Gasteiger partial charge in [-0.3, -0.25) is 4.79 Å². The molecule has 4 atom stereocenters. The number of fused-ring (bicyclic) bond motifs is 1. The van der Waals surface area contributed by atoms with Gasteiger partial charge in [0.05, 0.1) is 5.41 Å². The number of carbonyl (C=O) groups is 1. The Kier molecular flexibility index (Phi) is 4.56. The van der Waals surface area contributed by atoms with Crippen molar-refractivity contribution in [2.24, 2.45) is 28.6 Å². The van der Waals surface area contributed by atoms with Gasteiger partial charge in [-0.25, -0.2) is 0 Å². The molecule has 0 amide bonds. The van der Waals surface area contributed by atoms with E-state index >= 15 is 0 Å². The van der Waals surface area contributed by atoms with E-state index in [-0.39, 0.29) is 5.41 Å². The van der Waals surface area contributed by atoms with Gasteiger partial charge >= 0.3 is 5.97 Å². The van der Waals surface area contributed by atoms with E-state index in [0.717, 1.165) is 25.7 Å². The third kappa shape index (κ3) is 2.78. The molecule has 0 aromatic carbocycles. The smallest absolute Gasteiger partial charge is 0.309 e. The number of hydrogen-bond acceptors (Lipinski definition) is 1. The highest BCUT2D eigenvalue weighted by atomic mass is 16.4. The molecule has 2 saturated carbocycles. The molecular weight excluding hydrogens is 260 g/mol. The summed E-state index contributed by atoms with van der Waals surface area (Å²) in [7, 11) is 0. The Morgan fingerprint density at radius 2 is 2.05 bits per heavy atom. The molecule has 21 heavy (non-hydrogen) atoms. The van der Waals surface area contributed by atoms with Crippen LogP contribution < -0.4 is 0 Å². The van der Waals surface area contributed by atoms with Crippen molar-refractivity contribution in [3.63, 3.8) is 0 Å². The first kappa shape index (κ1) is 16.6. The topological polar surface area (TPSA) is 37.3 Å². The molecular formula is C19H32O2. The Morgan fingerprint density at radius 1 is 1.38 bits per heavy atom. The third-order valence-electron chi connectivity index (χ3n) is 6.54. The molecule has 120 valence electrons. The second-order valence-corrected chi connectivity index (χ2v) is 8.36. The van der Waals surface area contributed by atoms with E-state index in [1.807, 2.05) is 6.92 Å². The number of hydrogen-bond donors (Lipinski definition) is 1. The SMILES string of the molecule is C=C1CCC2C(C)(C(=O)O)CCCC2(C)C1CCC(C)C. The summed E-state index contributed by atoms with van der Waals surface area (Å²) in [4.78, 5) is 11.9. The van der Waals surface area contributed by atoms with Crippen molar-refractivity contribution in [2.75, 3.05) is 0 Å². The van der Waals surface area contributed by atoms with Crippen molar-refractivity contribution in [2.45, 2.75) is 72.6 Å². The zero-order valence-corrected chi connectivity index (χ0v) is 14.2. The Morgan fingerprint density at radius 3 is 2.62 bits per heavy atom. The van der Waals surface area contributed by atoms with Crippen LogP contribution in [0.3, 0.4) is 0 Å². The van der Waals surface area contributed by atoms with Crippen LogP contribution in [0.5, 0.6) is 0 Å². The summed E-state index contributed by atoms with van der Waals surface area (Å²) in [6.07, 6.45) is 7.48. The van der Waals surface area contributed by atoms with Gasteiger partial charge in [0.15, 0.2) is 0 Å². The van der Waals surface area contributed by atoms with Crippen LogP contribution in [0, 0.1) is 28.6 Å². The number of rotatable bonds is 4. The minimum atomic E-state index is -0.589. The molecule has 0 heterocycles. The van der Waals surface area contributed by atoms with Gasteiger partial charge in [0.1, 0.15) is 0 Å². The maximum absolute atomic E-state index is 11.9. The van der Waals surface area contributed by atoms with Crippen molar-refractivity contribution in [3.8, 4) is 0 Å². The largest absolute Gasteiger partial charge is 0.481 e. The van der Waals surface area contributed by atoms with Crippen LogP contribution in [0.4, 0.5) is 0 Å². The van der Waals surface area contributed by atoms with Crippen LogP contribution in [-0.2, 0) is 4.79 Å². The van der Waals surface area contributed by atoms with Gasteiger partial charge < -0.3 is 5.11 Å². The maximum atomic E-state index is 11.9. The lowest BCUT2D eigenvalue weighted by Gasteiger charge is -2.57. The number of carboxylic acids is 1. The molecule has 2 aliphatic rings. The molecule has 0 aromatic heterocycles. The third-order valence-corrected chi connectivity index (χ3v) is 6.54. The molecule has 0 bridgehead atoms. The summed E-state index contributed by atoms with van der Waals surface area (Å²) >= 11 is 0. The molecule has 0 spiro atoms. The maximum Gasteiger partial charge on any atom is 0.309 e. The van der Waals surface area contributed by atoms with Crippen molar-refractivity contribution in [1.29, 1.82) is 0 Å². The van der Waals surface area contributed by atoms with Crippen LogP contribution in [-0.4, -0.2) is 11.1 Å². The van der Waals surface area contributed by atoms with Crippen molar-refractivity contribution < 1.29 is 9.90 Å². The van der Waals surface area contributed by atoms with Gasteiger partial charge in [0, 0.05) is 0 Å². The van der Waals surface area contributed by atoms with E-state index < -0.39 is 11.4 Å². The number of aliphatic carboxylic acids is 1. The molecule has 2 fully saturated rings. The molecule has 2 aliphatic carbocycles. The lowest BCUT2D eigenvalue weighted by Crippen LogP contribution is -2.53. The second kappa shape index (κ2) is 5.78. The predicted octanol–water partition coefficient (Wildman–Crippen LogP) is 5.29. The Bertz CT molecular complexity index is 425. The van der Waals surface area contributed by atoms with Crippen molar-refractivity contribution in [1.82, 2.24) is 0 Å². The summed E-state index contributed by atoms with van der Waals surface area (Å²) in [5.74, 6) is 0.932. The van der Waals surface area contributed by atoms with Crippen molar-refractivity contribution in [3.05, 3.63) is 12.2 Å². The highest BCUT2D eigenvalue weighted by molar-refractivity contribution is 5.75. The molecule has 1 N–H and O–H groups in total. The fourth-order valence-electron chi connectivity index (χ4n) is 5.24. The summed E-state index contributed by atoms with van der Waals surface area (Å²) < 4.78 is 0. The molecule has 0 aromatic rings. The molecule has 2 rings (SSSR count). The van der Waals surface area contributed by atoms with Crippen LogP contribution in [0.1, 0.15) is 72.6 Å². The zero-order valence-electron chi connectivity index (χ0n) is 14.2.